The molecule has 0 saturated carbocycles. The average Bonchev–Trinajstić information content (AvgIpc) is 2.45. The number of para-hydroxylation sites is 1. The standard InChI is InChI=1S/C16H19N3O2/c1-11-8-13(9-15(20)19-11)16(21)17-10-12(2)18-14-6-4-3-5-7-14/h3-9,12,18H,10H2,1-2H3,(H,17,21)(H,19,20). The van der Waals surface area contributed by atoms with Gasteiger partial charge < -0.3 is 15.6 Å². The van der Waals surface area contributed by atoms with E-state index in [9.17, 15) is 9.59 Å². The number of hydrogen-bond acceptors (Lipinski definition) is 3. The van der Waals surface area contributed by atoms with Crippen LogP contribution in [-0.2, 0) is 0 Å². The van der Waals surface area contributed by atoms with Crippen LogP contribution in [0.4, 0.5) is 5.69 Å². The molecule has 0 saturated heterocycles. The molecule has 2 aromatic rings. The van der Waals surface area contributed by atoms with Crippen LogP contribution in [0.3, 0.4) is 0 Å². The fourth-order valence-electron chi connectivity index (χ4n) is 2.03. The number of carbonyl (C=O) groups excluding carboxylic acids is 1. The third-order valence-corrected chi connectivity index (χ3v) is 3.00. The third-order valence-electron chi connectivity index (χ3n) is 3.00. The number of benzene rings is 1. The maximum atomic E-state index is 12.0. The predicted octanol–water partition coefficient (Wildman–Crippen LogP) is 1.91. The summed E-state index contributed by atoms with van der Waals surface area (Å²) in [6, 6.07) is 12.8. The van der Waals surface area contributed by atoms with Crippen LogP contribution in [0.2, 0.25) is 0 Å². The van der Waals surface area contributed by atoms with Crippen LogP contribution >= 0.6 is 0 Å². The van der Waals surface area contributed by atoms with Crippen LogP contribution in [-0.4, -0.2) is 23.5 Å². The Bertz CT molecular complexity index is 665. The highest BCUT2D eigenvalue weighted by atomic mass is 16.2. The largest absolute Gasteiger partial charge is 0.381 e. The van der Waals surface area contributed by atoms with Crippen molar-refractivity contribution in [2.45, 2.75) is 19.9 Å². The molecule has 1 amide bonds. The molecule has 0 aliphatic carbocycles. The minimum absolute atomic E-state index is 0.0828. The molecule has 0 spiro atoms. The van der Waals surface area contributed by atoms with Gasteiger partial charge in [0.2, 0.25) is 5.56 Å². The number of H-pyrrole nitrogens is 1. The number of nitrogens with one attached hydrogen (secondary N) is 3. The monoisotopic (exact) mass is 285 g/mol. The first kappa shape index (κ1) is 14.8. The number of rotatable bonds is 5. The Morgan fingerprint density at radius 1 is 1.24 bits per heavy atom. The van der Waals surface area contributed by atoms with Crippen molar-refractivity contribution in [1.82, 2.24) is 10.3 Å². The molecule has 5 heteroatoms. The molecule has 0 fully saturated rings. The van der Waals surface area contributed by atoms with Crippen LogP contribution in [0, 0.1) is 6.92 Å². The highest BCUT2D eigenvalue weighted by Gasteiger charge is 2.09. The summed E-state index contributed by atoms with van der Waals surface area (Å²) < 4.78 is 0. The van der Waals surface area contributed by atoms with Crippen LogP contribution in [0.25, 0.3) is 0 Å². The van der Waals surface area contributed by atoms with Gasteiger partial charge in [-0.3, -0.25) is 9.59 Å². The van der Waals surface area contributed by atoms with Crippen molar-refractivity contribution in [3.8, 4) is 0 Å². The van der Waals surface area contributed by atoms with Crippen molar-refractivity contribution >= 4 is 11.6 Å². The number of hydrogen-bond donors (Lipinski definition) is 3. The van der Waals surface area contributed by atoms with Gasteiger partial charge in [-0.25, -0.2) is 0 Å². The lowest BCUT2D eigenvalue weighted by atomic mass is 10.2. The summed E-state index contributed by atoms with van der Waals surface area (Å²) in [6.45, 7) is 4.20. The van der Waals surface area contributed by atoms with Gasteiger partial charge in [0.15, 0.2) is 0 Å². The Morgan fingerprint density at radius 3 is 2.62 bits per heavy atom. The smallest absolute Gasteiger partial charge is 0.251 e. The number of aryl methyl sites for hydroxylation is 1. The van der Waals surface area contributed by atoms with Crippen molar-refractivity contribution in [3.63, 3.8) is 0 Å². The summed E-state index contributed by atoms with van der Waals surface area (Å²) in [5, 5.41) is 6.11. The molecule has 1 aromatic carbocycles. The second kappa shape index (κ2) is 6.74. The molecule has 1 aromatic heterocycles. The maximum absolute atomic E-state index is 12.0. The lowest BCUT2D eigenvalue weighted by Crippen LogP contribution is -2.35. The summed E-state index contributed by atoms with van der Waals surface area (Å²) in [6.07, 6.45) is 0. The van der Waals surface area contributed by atoms with Crippen LogP contribution < -0.4 is 16.2 Å². The lowest BCUT2D eigenvalue weighted by Gasteiger charge is -2.16. The number of aromatic amines is 1. The second-order valence-electron chi connectivity index (χ2n) is 5.04. The molecule has 0 aliphatic heterocycles. The van der Waals surface area contributed by atoms with E-state index in [-0.39, 0.29) is 17.5 Å². The highest BCUT2D eigenvalue weighted by molar-refractivity contribution is 5.94. The van der Waals surface area contributed by atoms with E-state index in [1.54, 1.807) is 13.0 Å². The molecule has 1 heterocycles. The molecule has 0 aliphatic rings. The van der Waals surface area contributed by atoms with Gasteiger partial charge >= 0.3 is 0 Å². The zero-order valence-electron chi connectivity index (χ0n) is 12.1. The van der Waals surface area contributed by atoms with Crippen LogP contribution in [0.1, 0.15) is 23.0 Å². The van der Waals surface area contributed by atoms with E-state index in [1.165, 1.54) is 6.07 Å². The van der Waals surface area contributed by atoms with Gasteiger partial charge in [-0.1, -0.05) is 18.2 Å². The fraction of sp³-hybridized carbons (Fsp3) is 0.250. The fourth-order valence-corrected chi connectivity index (χ4v) is 2.03. The Kier molecular flexibility index (Phi) is 4.77. The topological polar surface area (TPSA) is 74.0 Å². The number of aromatic nitrogens is 1. The maximum Gasteiger partial charge on any atom is 0.251 e. The number of amides is 1. The minimum atomic E-state index is -0.268. The SMILES string of the molecule is Cc1cc(C(=O)NCC(C)Nc2ccccc2)cc(=O)[nH]1. The van der Waals surface area contributed by atoms with E-state index in [0.717, 1.165) is 5.69 Å². The third kappa shape index (κ3) is 4.49. The molecular weight excluding hydrogens is 266 g/mol. The summed E-state index contributed by atoms with van der Waals surface area (Å²) in [7, 11) is 0. The van der Waals surface area contributed by atoms with E-state index in [0.29, 0.717) is 17.8 Å². The van der Waals surface area contributed by atoms with Crippen molar-refractivity contribution in [3.05, 3.63) is 64.1 Å². The van der Waals surface area contributed by atoms with E-state index in [4.69, 9.17) is 0 Å². The van der Waals surface area contributed by atoms with Gasteiger partial charge in [0.05, 0.1) is 0 Å². The Morgan fingerprint density at radius 2 is 1.95 bits per heavy atom. The van der Waals surface area contributed by atoms with E-state index in [1.807, 2.05) is 37.3 Å². The van der Waals surface area contributed by atoms with Crippen LogP contribution in [0.15, 0.2) is 47.3 Å². The van der Waals surface area contributed by atoms with Crippen LogP contribution in [0.5, 0.6) is 0 Å². The van der Waals surface area contributed by atoms with E-state index in [2.05, 4.69) is 15.6 Å². The van der Waals surface area contributed by atoms with E-state index >= 15 is 0 Å². The zero-order valence-corrected chi connectivity index (χ0v) is 12.1. The van der Waals surface area contributed by atoms with Crippen molar-refractivity contribution in [1.29, 1.82) is 0 Å². The average molecular weight is 285 g/mol. The van der Waals surface area contributed by atoms with Crippen molar-refractivity contribution < 1.29 is 4.79 Å². The number of carbonyl (C=O) groups is 1. The summed E-state index contributed by atoms with van der Waals surface area (Å²) in [4.78, 5) is 26.0. The Hall–Kier alpha value is -2.56. The van der Waals surface area contributed by atoms with Crippen molar-refractivity contribution in [2.75, 3.05) is 11.9 Å². The van der Waals surface area contributed by atoms with Gasteiger partial charge in [-0.2, -0.15) is 0 Å². The molecule has 0 radical (unpaired) electrons. The first-order valence-electron chi connectivity index (χ1n) is 6.85. The molecule has 21 heavy (non-hydrogen) atoms. The molecule has 110 valence electrons. The quantitative estimate of drug-likeness (QED) is 0.785. The highest BCUT2D eigenvalue weighted by Crippen LogP contribution is 2.06. The minimum Gasteiger partial charge on any atom is -0.381 e. The molecule has 1 unspecified atom stereocenters. The first-order chi connectivity index (χ1) is 10.0. The lowest BCUT2D eigenvalue weighted by molar-refractivity contribution is 0.0952. The van der Waals surface area contributed by atoms with Gasteiger partial charge in [-0.15, -0.1) is 0 Å². The molecule has 0 bridgehead atoms. The van der Waals surface area contributed by atoms with Crippen molar-refractivity contribution in [2.24, 2.45) is 0 Å². The molecular formula is C16H19N3O2. The van der Waals surface area contributed by atoms with Gasteiger partial charge in [-0.05, 0) is 32.0 Å². The summed E-state index contributed by atoms with van der Waals surface area (Å²) in [5.41, 5.74) is 1.79. The molecule has 2 rings (SSSR count). The number of pyridine rings is 1. The number of anilines is 1. The Balaban J connectivity index is 1.90. The first-order valence-corrected chi connectivity index (χ1v) is 6.85. The zero-order chi connectivity index (χ0) is 15.2. The summed E-state index contributed by atoms with van der Waals surface area (Å²) >= 11 is 0. The normalized spacial score (nSPS) is 11.7. The van der Waals surface area contributed by atoms with E-state index < -0.39 is 0 Å². The summed E-state index contributed by atoms with van der Waals surface area (Å²) in [5.74, 6) is -0.245. The van der Waals surface area contributed by atoms with Gasteiger partial charge in [0.1, 0.15) is 0 Å². The van der Waals surface area contributed by atoms with Gasteiger partial charge in [0, 0.05) is 35.6 Å². The molecule has 1 atom stereocenters. The van der Waals surface area contributed by atoms with Gasteiger partial charge in [0.25, 0.3) is 5.91 Å². The molecule has 3 N–H and O–H groups in total. The second-order valence-corrected chi connectivity index (χ2v) is 5.04. The Labute approximate surface area is 123 Å². The molecule has 5 nitrogen and oxygen atoms in total. The predicted molar refractivity (Wildman–Crippen MR) is 83.7 cm³/mol.